The van der Waals surface area contributed by atoms with Gasteiger partial charge in [0.1, 0.15) is 11.8 Å². The highest BCUT2D eigenvalue weighted by Crippen LogP contribution is 2.15. The average molecular weight is 447 g/mol. The van der Waals surface area contributed by atoms with Gasteiger partial charge < -0.3 is 15.0 Å². The fourth-order valence-electron chi connectivity index (χ4n) is 2.57. The SMILES string of the molecule is CC(C)CNC(=O)C(C)N(Cc1ccc(Br)cc1)C(=O)COc1ccccc1. The molecule has 0 saturated carbocycles. The Kier molecular flexibility index (Phi) is 8.51. The van der Waals surface area contributed by atoms with Crippen molar-refractivity contribution in [2.75, 3.05) is 13.2 Å². The van der Waals surface area contributed by atoms with Crippen molar-refractivity contribution in [2.24, 2.45) is 5.92 Å². The molecule has 0 radical (unpaired) electrons. The number of nitrogens with zero attached hydrogens (tertiary/aromatic N) is 1. The smallest absolute Gasteiger partial charge is 0.261 e. The molecule has 0 aromatic heterocycles. The molecule has 1 atom stereocenters. The summed E-state index contributed by atoms with van der Waals surface area (Å²) in [7, 11) is 0. The number of carbonyl (C=O) groups excluding carboxylic acids is 2. The molecule has 28 heavy (non-hydrogen) atoms. The second-order valence-corrected chi connectivity index (χ2v) is 7.98. The lowest BCUT2D eigenvalue weighted by atomic mass is 10.1. The van der Waals surface area contributed by atoms with Crippen LogP contribution < -0.4 is 10.1 Å². The van der Waals surface area contributed by atoms with Crippen LogP contribution in [0.3, 0.4) is 0 Å². The van der Waals surface area contributed by atoms with Crippen molar-refractivity contribution in [3.63, 3.8) is 0 Å². The van der Waals surface area contributed by atoms with E-state index < -0.39 is 6.04 Å². The normalized spacial score (nSPS) is 11.8. The molecule has 150 valence electrons. The summed E-state index contributed by atoms with van der Waals surface area (Å²) in [5.74, 6) is 0.558. The number of carbonyl (C=O) groups is 2. The van der Waals surface area contributed by atoms with Crippen LogP contribution in [0.5, 0.6) is 5.75 Å². The van der Waals surface area contributed by atoms with Gasteiger partial charge >= 0.3 is 0 Å². The monoisotopic (exact) mass is 446 g/mol. The van der Waals surface area contributed by atoms with Crippen LogP contribution >= 0.6 is 15.9 Å². The molecule has 0 fully saturated rings. The molecule has 0 bridgehead atoms. The van der Waals surface area contributed by atoms with Crippen LogP contribution in [-0.4, -0.2) is 35.9 Å². The highest BCUT2D eigenvalue weighted by molar-refractivity contribution is 9.10. The molecule has 0 aliphatic rings. The Balaban J connectivity index is 2.10. The predicted octanol–water partition coefficient (Wildman–Crippen LogP) is 4.02. The summed E-state index contributed by atoms with van der Waals surface area (Å²) in [4.78, 5) is 27.0. The Morgan fingerprint density at radius 2 is 1.68 bits per heavy atom. The highest BCUT2D eigenvalue weighted by Gasteiger charge is 2.26. The van der Waals surface area contributed by atoms with Crippen LogP contribution in [0.4, 0.5) is 0 Å². The van der Waals surface area contributed by atoms with E-state index in [1.165, 1.54) is 0 Å². The van der Waals surface area contributed by atoms with Gasteiger partial charge in [-0.1, -0.05) is 60.1 Å². The quantitative estimate of drug-likeness (QED) is 0.632. The maximum Gasteiger partial charge on any atom is 0.261 e. The van der Waals surface area contributed by atoms with Gasteiger partial charge in [0.2, 0.25) is 5.91 Å². The lowest BCUT2D eigenvalue weighted by Gasteiger charge is -2.29. The van der Waals surface area contributed by atoms with E-state index in [0.29, 0.717) is 24.8 Å². The minimum atomic E-state index is -0.603. The fraction of sp³-hybridized carbons (Fsp3) is 0.364. The van der Waals surface area contributed by atoms with Crippen molar-refractivity contribution >= 4 is 27.7 Å². The van der Waals surface area contributed by atoms with Gasteiger partial charge in [-0.2, -0.15) is 0 Å². The molecule has 0 aliphatic heterocycles. The number of halogens is 1. The van der Waals surface area contributed by atoms with E-state index >= 15 is 0 Å². The minimum absolute atomic E-state index is 0.123. The van der Waals surface area contributed by atoms with Crippen molar-refractivity contribution in [1.82, 2.24) is 10.2 Å². The van der Waals surface area contributed by atoms with Gasteiger partial charge in [-0.05, 0) is 42.7 Å². The lowest BCUT2D eigenvalue weighted by Crippen LogP contribution is -2.49. The zero-order valence-corrected chi connectivity index (χ0v) is 18.1. The van der Waals surface area contributed by atoms with Crippen LogP contribution in [0.15, 0.2) is 59.1 Å². The summed E-state index contributed by atoms with van der Waals surface area (Å²) in [6, 6.07) is 16.3. The number of hydrogen-bond donors (Lipinski definition) is 1. The molecule has 0 spiro atoms. The largest absolute Gasteiger partial charge is 0.484 e. The lowest BCUT2D eigenvalue weighted by molar-refractivity contribution is -0.142. The fourth-order valence-corrected chi connectivity index (χ4v) is 2.83. The predicted molar refractivity (Wildman–Crippen MR) is 114 cm³/mol. The van der Waals surface area contributed by atoms with Crippen molar-refractivity contribution < 1.29 is 14.3 Å². The molecule has 5 nitrogen and oxygen atoms in total. The summed E-state index contributed by atoms with van der Waals surface area (Å²) < 4.78 is 6.57. The number of para-hydroxylation sites is 1. The first kappa shape index (κ1) is 22.0. The standard InChI is InChI=1S/C22H27BrN2O3/c1-16(2)13-24-22(27)17(3)25(14-18-9-11-19(23)12-10-18)21(26)15-28-20-7-5-4-6-8-20/h4-12,16-17H,13-15H2,1-3H3,(H,24,27). The van der Waals surface area contributed by atoms with Gasteiger partial charge in [0.15, 0.2) is 6.61 Å². The third kappa shape index (κ3) is 7.00. The topological polar surface area (TPSA) is 58.6 Å². The summed E-state index contributed by atoms with van der Waals surface area (Å²) in [6.45, 7) is 6.59. The first-order valence-corrected chi connectivity index (χ1v) is 10.2. The van der Waals surface area contributed by atoms with Crippen LogP contribution in [0.25, 0.3) is 0 Å². The second kappa shape index (κ2) is 10.9. The number of benzene rings is 2. The van der Waals surface area contributed by atoms with Crippen LogP contribution in [0.1, 0.15) is 26.3 Å². The molecule has 1 N–H and O–H groups in total. The number of rotatable bonds is 9. The molecular formula is C22H27BrN2O3. The highest BCUT2D eigenvalue weighted by atomic mass is 79.9. The molecule has 1 unspecified atom stereocenters. The molecule has 2 rings (SSSR count). The van der Waals surface area contributed by atoms with Crippen molar-refractivity contribution in [3.8, 4) is 5.75 Å². The van der Waals surface area contributed by atoms with E-state index in [1.54, 1.807) is 24.0 Å². The number of hydrogen-bond acceptors (Lipinski definition) is 3. The molecule has 2 aromatic rings. The first-order chi connectivity index (χ1) is 13.4. The number of amides is 2. The van der Waals surface area contributed by atoms with Gasteiger partial charge in [-0.25, -0.2) is 0 Å². The van der Waals surface area contributed by atoms with Crippen molar-refractivity contribution in [2.45, 2.75) is 33.4 Å². The zero-order chi connectivity index (χ0) is 20.5. The second-order valence-electron chi connectivity index (χ2n) is 7.06. The maximum absolute atomic E-state index is 12.9. The molecule has 0 heterocycles. The van der Waals surface area contributed by atoms with Gasteiger partial charge in [-0.3, -0.25) is 9.59 Å². The maximum atomic E-state index is 12.9. The Hall–Kier alpha value is -2.34. The van der Waals surface area contributed by atoms with E-state index in [0.717, 1.165) is 10.0 Å². The zero-order valence-electron chi connectivity index (χ0n) is 16.5. The van der Waals surface area contributed by atoms with E-state index in [4.69, 9.17) is 4.74 Å². The summed E-state index contributed by atoms with van der Waals surface area (Å²) >= 11 is 3.41. The van der Waals surface area contributed by atoms with E-state index in [1.807, 2.05) is 56.3 Å². The third-order valence-corrected chi connectivity index (χ3v) is 4.75. The average Bonchev–Trinajstić information content (AvgIpc) is 2.70. The minimum Gasteiger partial charge on any atom is -0.484 e. The molecule has 2 amide bonds. The van der Waals surface area contributed by atoms with Gasteiger partial charge in [0, 0.05) is 17.6 Å². The third-order valence-electron chi connectivity index (χ3n) is 4.22. The molecule has 0 aliphatic carbocycles. The van der Waals surface area contributed by atoms with Gasteiger partial charge in [-0.15, -0.1) is 0 Å². The van der Waals surface area contributed by atoms with E-state index in [-0.39, 0.29) is 18.4 Å². The Morgan fingerprint density at radius 3 is 2.29 bits per heavy atom. The number of nitrogens with one attached hydrogen (secondary N) is 1. The van der Waals surface area contributed by atoms with Crippen molar-refractivity contribution in [1.29, 1.82) is 0 Å². The first-order valence-electron chi connectivity index (χ1n) is 9.36. The Bertz CT molecular complexity index is 763. The Morgan fingerprint density at radius 1 is 1.04 bits per heavy atom. The van der Waals surface area contributed by atoms with Crippen molar-refractivity contribution in [3.05, 3.63) is 64.6 Å². The van der Waals surface area contributed by atoms with Crippen LogP contribution in [0, 0.1) is 5.92 Å². The van der Waals surface area contributed by atoms with Gasteiger partial charge in [0.25, 0.3) is 5.91 Å². The van der Waals surface area contributed by atoms with Gasteiger partial charge in [0.05, 0.1) is 0 Å². The Labute approximate surface area is 175 Å². The molecule has 6 heteroatoms. The van der Waals surface area contributed by atoms with Crippen LogP contribution in [0.2, 0.25) is 0 Å². The van der Waals surface area contributed by atoms with Crippen LogP contribution in [-0.2, 0) is 16.1 Å². The van der Waals surface area contributed by atoms with E-state index in [9.17, 15) is 9.59 Å². The summed E-state index contributed by atoms with van der Waals surface area (Å²) in [6.07, 6.45) is 0. The summed E-state index contributed by atoms with van der Waals surface area (Å²) in [5, 5.41) is 2.90. The number of ether oxygens (including phenoxy) is 1. The molecule has 2 aromatic carbocycles. The molecule has 0 saturated heterocycles. The molecular weight excluding hydrogens is 420 g/mol. The van der Waals surface area contributed by atoms with E-state index in [2.05, 4.69) is 21.2 Å². The summed E-state index contributed by atoms with van der Waals surface area (Å²) in [5.41, 5.74) is 0.944.